The van der Waals surface area contributed by atoms with E-state index in [1.165, 1.54) is 18.2 Å². The molecule has 3 aromatic carbocycles. The van der Waals surface area contributed by atoms with Gasteiger partial charge in [-0.15, -0.1) is 0 Å². The number of ether oxygens (including phenoxy) is 2. The molecule has 0 radical (unpaired) electrons. The standard InChI is InChI=1S/C24H22FNO3/c1-3-23(29-19-7-5-4-6-8-19)24(26-2)21-14-13-20(15-22(21)27)28-16-17-9-11-18(25)12-10-17/h3-15,27H,16H2,1-2H3/b23-3-,26-24-. The molecule has 0 atom stereocenters. The second kappa shape index (κ2) is 9.55. The van der Waals surface area contributed by atoms with Gasteiger partial charge in [0.15, 0.2) is 0 Å². The van der Waals surface area contributed by atoms with Crippen LogP contribution >= 0.6 is 0 Å². The maximum absolute atomic E-state index is 13.0. The molecule has 1 N–H and O–H groups in total. The molecule has 0 heterocycles. The molecule has 29 heavy (non-hydrogen) atoms. The van der Waals surface area contributed by atoms with Gasteiger partial charge in [-0.05, 0) is 55.0 Å². The fourth-order valence-corrected chi connectivity index (χ4v) is 2.77. The molecule has 0 aliphatic carbocycles. The molecule has 0 aliphatic heterocycles. The van der Waals surface area contributed by atoms with Crippen LogP contribution in [0.5, 0.6) is 17.2 Å². The van der Waals surface area contributed by atoms with E-state index in [1.54, 1.807) is 37.4 Å². The van der Waals surface area contributed by atoms with Gasteiger partial charge in [-0.25, -0.2) is 4.39 Å². The van der Waals surface area contributed by atoms with E-state index in [-0.39, 0.29) is 18.2 Å². The number of rotatable bonds is 7. The summed E-state index contributed by atoms with van der Waals surface area (Å²) in [4.78, 5) is 4.30. The van der Waals surface area contributed by atoms with E-state index in [9.17, 15) is 9.50 Å². The van der Waals surface area contributed by atoms with Gasteiger partial charge in [-0.2, -0.15) is 0 Å². The summed E-state index contributed by atoms with van der Waals surface area (Å²) >= 11 is 0. The van der Waals surface area contributed by atoms with Crippen LogP contribution in [0.3, 0.4) is 0 Å². The van der Waals surface area contributed by atoms with Gasteiger partial charge in [0.05, 0.1) is 0 Å². The van der Waals surface area contributed by atoms with Crippen molar-refractivity contribution in [1.82, 2.24) is 0 Å². The molecule has 0 fully saturated rings. The topological polar surface area (TPSA) is 51.0 Å². The second-order valence-electron chi connectivity index (χ2n) is 6.23. The van der Waals surface area contributed by atoms with Crippen molar-refractivity contribution in [3.63, 3.8) is 0 Å². The average Bonchev–Trinajstić information content (AvgIpc) is 2.75. The van der Waals surface area contributed by atoms with Crippen LogP contribution in [0.25, 0.3) is 0 Å². The first-order valence-electron chi connectivity index (χ1n) is 9.17. The van der Waals surface area contributed by atoms with Crippen molar-refractivity contribution in [2.75, 3.05) is 7.05 Å². The first kappa shape index (κ1) is 20.1. The molecule has 5 heteroatoms. The summed E-state index contributed by atoms with van der Waals surface area (Å²) in [5.74, 6) is 1.45. The summed E-state index contributed by atoms with van der Waals surface area (Å²) in [6, 6.07) is 20.5. The van der Waals surface area contributed by atoms with Gasteiger partial charge < -0.3 is 14.6 Å². The van der Waals surface area contributed by atoms with E-state index in [1.807, 2.05) is 37.3 Å². The summed E-state index contributed by atoms with van der Waals surface area (Å²) in [5.41, 5.74) is 1.89. The number of phenols is 1. The number of hydrogen-bond donors (Lipinski definition) is 1. The highest BCUT2D eigenvalue weighted by atomic mass is 19.1. The Balaban J connectivity index is 1.75. The molecule has 0 bridgehead atoms. The Morgan fingerprint density at radius 2 is 1.72 bits per heavy atom. The normalized spacial score (nSPS) is 12.0. The van der Waals surface area contributed by atoms with Gasteiger partial charge in [0.2, 0.25) is 0 Å². The molecular formula is C24H22FNO3. The largest absolute Gasteiger partial charge is 0.507 e. The number of aliphatic imine (C=N–C) groups is 1. The highest BCUT2D eigenvalue weighted by Crippen LogP contribution is 2.28. The van der Waals surface area contributed by atoms with Crippen LogP contribution in [0.1, 0.15) is 18.1 Å². The van der Waals surface area contributed by atoms with Crippen LogP contribution in [-0.2, 0) is 6.61 Å². The minimum atomic E-state index is -0.292. The minimum Gasteiger partial charge on any atom is -0.507 e. The highest BCUT2D eigenvalue weighted by Gasteiger charge is 2.16. The predicted molar refractivity (Wildman–Crippen MR) is 112 cm³/mol. The molecule has 4 nitrogen and oxygen atoms in total. The van der Waals surface area contributed by atoms with Gasteiger partial charge in [0, 0.05) is 18.7 Å². The molecule has 3 aromatic rings. The minimum absolute atomic E-state index is 0.0261. The Labute approximate surface area is 169 Å². The fourth-order valence-electron chi connectivity index (χ4n) is 2.77. The molecule has 0 unspecified atom stereocenters. The van der Waals surface area contributed by atoms with Crippen molar-refractivity contribution in [2.45, 2.75) is 13.5 Å². The Hall–Kier alpha value is -3.60. The van der Waals surface area contributed by atoms with E-state index in [4.69, 9.17) is 9.47 Å². The Bertz CT molecular complexity index is 1010. The van der Waals surface area contributed by atoms with Crippen molar-refractivity contribution < 1.29 is 19.0 Å². The van der Waals surface area contributed by atoms with Crippen molar-refractivity contribution in [1.29, 1.82) is 0 Å². The van der Waals surface area contributed by atoms with E-state index < -0.39 is 0 Å². The molecule has 0 aromatic heterocycles. The van der Waals surface area contributed by atoms with Crippen molar-refractivity contribution >= 4 is 5.71 Å². The first-order valence-corrected chi connectivity index (χ1v) is 9.17. The van der Waals surface area contributed by atoms with E-state index in [2.05, 4.69) is 4.99 Å². The second-order valence-corrected chi connectivity index (χ2v) is 6.23. The summed E-state index contributed by atoms with van der Waals surface area (Å²) in [7, 11) is 1.64. The Morgan fingerprint density at radius 3 is 2.34 bits per heavy atom. The van der Waals surface area contributed by atoms with Crippen LogP contribution in [0.4, 0.5) is 4.39 Å². The maximum atomic E-state index is 13.0. The Morgan fingerprint density at radius 1 is 1.00 bits per heavy atom. The first-order chi connectivity index (χ1) is 14.1. The lowest BCUT2D eigenvalue weighted by Crippen LogP contribution is -2.11. The summed E-state index contributed by atoms with van der Waals surface area (Å²) in [6.07, 6.45) is 1.80. The lowest BCUT2D eigenvalue weighted by molar-refractivity contribution is 0.304. The number of halogens is 1. The van der Waals surface area contributed by atoms with Crippen LogP contribution in [0.2, 0.25) is 0 Å². The molecule has 0 spiro atoms. The van der Waals surface area contributed by atoms with Crippen molar-refractivity contribution in [3.05, 3.63) is 102 Å². The lowest BCUT2D eigenvalue weighted by atomic mass is 10.1. The molecule has 0 aliphatic rings. The zero-order chi connectivity index (χ0) is 20.6. The number of nitrogens with zero attached hydrogens (tertiary/aromatic N) is 1. The molecular weight excluding hydrogens is 369 g/mol. The zero-order valence-corrected chi connectivity index (χ0v) is 16.3. The third-order valence-corrected chi connectivity index (χ3v) is 4.23. The predicted octanol–water partition coefficient (Wildman–Crippen LogP) is 5.51. The number of aromatic hydroxyl groups is 1. The van der Waals surface area contributed by atoms with Crippen molar-refractivity contribution in [2.24, 2.45) is 4.99 Å². The van der Waals surface area contributed by atoms with Gasteiger partial charge in [0.25, 0.3) is 0 Å². The van der Waals surface area contributed by atoms with Gasteiger partial charge in [0.1, 0.15) is 41.1 Å². The van der Waals surface area contributed by atoms with Crippen molar-refractivity contribution in [3.8, 4) is 17.2 Å². The monoisotopic (exact) mass is 391 g/mol. The zero-order valence-electron chi connectivity index (χ0n) is 16.3. The number of benzene rings is 3. The number of para-hydroxylation sites is 1. The molecule has 148 valence electrons. The summed E-state index contributed by atoms with van der Waals surface area (Å²) in [5, 5.41) is 10.5. The third kappa shape index (κ3) is 5.23. The summed E-state index contributed by atoms with van der Waals surface area (Å²) < 4.78 is 24.6. The van der Waals surface area contributed by atoms with Crippen LogP contribution < -0.4 is 9.47 Å². The number of allylic oxidation sites excluding steroid dienone is 2. The molecule has 0 saturated carbocycles. The fraction of sp³-hybridized carbons (Fsp3) is 0.125. The van der Waals surface area contributed by atoms with E-state index in [0.29, 0.717) is 28.5 Å². The van der Waals surface area contributed by atoms with Gasteiger partial charge in [-0.1, -0.05) is 30.3 Å². The average molecular weight is 391 g/mol. The van der Waals surface area contributed by atoms with Crippen LogP contribution in [0.15, 0.2) is 89.6 Å². The molecule has 0 saturated heterocycles. The summed E-state index contributed by atoms with van der Waals surface area (Å²) in [6.45, 7) is 2.12. The van der Waals surface area contributed by atoms with Crippen LogP contribution in [-0.4, -0.2) is 17.9 Å². The third-order valence-electron chi connectivity index (χ3n) is 4.23. The van der Waals surface area contributed by atoms with E-state index in [0.717, 1.165) is 5.56 Å². The van der Waals surface area contributed by atoms with Crippen LogP contribution in [0, 0.1) is 5.82 Å². The quantitative estimate of drug-likeness (QED) is 0.427. The van der Waals surface area contributed by atoms with Gasteiger partial charge >= 0.3 is 0 Å². The Kier molecular flexibility index (Phi) is 6.63. The molecule has 0 amide bonds. The lowest BCUT2D eigenvalue weighted by Gasteiger charge is -2.14. The van der Waals surface area contributed by atoms with Gasteiger partial charge in [-0.3, -0.25) is 4.99 Å². The maximum Gasteiger partial charge on any atom is 0.149 e. The smallest absolute Gasteiger partial charge is 0.149 e. The molecule has 3 rings (SSSR count). The number of phenolic OH excluding ortho intramolecular Hbond substituents is 1. The highest BCUT2D eigenvalue weighted by molar-refractivity contribution is 6.13. The van der Waals surface area contributed by atoms with E-state index >= 15 is 0 Å². The SMILES string of the molecule is C/C=C(Oc1ccccc1)/C(=N\C)c1ccc(OCc2ccc(F)cc2)cc1O. The number of hydrogen-bond acceptors (Lipinski definition) is 4.